The number of amides is 1. The first-order valence-electron chi connectivity index (χ1n) is 9.17. The molecule has 0 spiro atoms. The lowest BCUT2D eigenvalue weighted by Gasteiger charge is -2.17. The summed E-state index contributed by atoms with van der Waals surface area (Å²) in [5, 5.41) is 6.98. The van der Waals surface area contributed by atoms with Gasteiger partial charge in [-0.15, -0.1) is 0 Å². The lowest BCUT2D eigenvalue weighted by atomic mass is 9.99. The van der Waals surface area contributed by atoms with Crippen molar-refractivity contribution in [2.24, 2.45) is 0 Å². The van der Waals surface area contributed by atoms with Crippen molar-refractivity contribution in [2.75, 3.05) is 20.6 Å². The molecule has 0 radical (unpaired) electrons. The van der Waals surface area contributed by atoms with Gasteiger partial charge in [-0.3, -0.25) is 9.59 Å². The van der Waals surface area contributed by atoms with E-state index in [-0.39, 0.29) is 17.7 Å². The summed E-state index contributed by atoms with van der Waals surface area (Å²) in [7, 11) is 3.89. The number of nitrogens with one attached hydrogen (secondary N) is 2. The Hall–Kier alpha value is -2.71. The van der Waals surface area contributed by atoms with Crippen LogP contribution in [0.3, 0.4) is 0 Å². The Morgan fingerprint density at radius 1 is 1.28 bits per heavy atom. The molecule has 1 atom stereocenters. The van der Waals surface area contributed by atoms with Crippen molar-refractivity contribution >= 4 is 27.6 Å². The Bertz CT molecular complexity index is 1020. The maximum Gasteiger partial charge on any atom is 0.267 e. The van der Waals surface area contributed by atoms with E-state index in [9.17, 15) is 9.59 Å². The van der Waals surface area contributed by atoms with E-state index >= 15 is 0 Å². The van der Waals surface area contributed by atoms with E-state index in [2.05, 4.69) is 31.4 Å². The Morgan fingerprint density at radius 2 is 1.97 bits per heavy atom. The maximum absolute atomic E-state index is 13.1. The lowest BCUT2D eigenvalue weighted by molar-refractivity contribution is 0.0929. The van der Waals surface area contributed by atoms with Gasteiger partial charge in [0.2, 0.25) is 0 Å². The molecule has 1 aromatic carbocycles. The maximum atomic E-state index is 13.1. The Labute approximate surface area is 177 Å². The molecule has 1 unspecified atom stereocenters. The molecule has 2 heterocycles. The molecule has 2 aromatic heterocycles. The molecule has 8 heteroatoms. The van der Waals surface area contributed by atoms with Crippen molar-refractivity contribution in [1.29, 1.82) is 0 Å². The van der Waals surface area contributed by atoms with Gasteiger partial charge in [-0.2, -0.15) is 0 Å². The molecule has 3 aromatic rings. The molecule has 2 N–H and O–H groups in total. The van der Waals surface area contributed by atoms with Gasteiger partial charge in [-0.25, -0.2) is 0 Å². The third kappa shape index (κ3) is 4.83. The van der Waals surface area contributed by atoms with E-state index < -0.39 is 0 Å². The third-order valence-electron chi connectivity index (χ3n) is 4.41. The highest BCUT2D eigenvalue weighted by Crippen LogP contribution is 2.28. The Kier molecular flexibility index (Phi) is 6.34. The second kappa shape index (κ2) is 8.75. The fraction of sp³-hybridized carbons (Fsp3) is 0.286. The predicted octanol–water partition coefficient (Wildman–Crippen LogP) is 3.65. The molecule has 0 bridgehead atoms. The number of H-pyrrole nitrogens is 1. The second-order valence-electron chi connectivity index (χ2n) is 7.24. The van der Waals surface area contributed by atoms with E-state index in [1.807, 2.05) is 50.2 Å². The van der Waals surface area contributed by atoms with E-state index in [0.29, 0.717) is 34.8 Å². The van der Waals surface area contributed by atoms with Crippen LogP contribution in [0.5, 0.6) is 0 Å². The molecule has 0 aliphatic heterocycles. The van der Waals surface area contributed by atoms with Crippen molar-refractivity contribution < 1.29 is 14.1 Å². The molecule has 29 heavy (non-hydrogen) atoms. The van der Waals surface area contributed by atoms with E-state index in [0.717, 1.165) is 10.0 Å². The molecule has 0 aliphatic rings. The van der Waals surface area contributed by atoms with Gasteiger partial charge >= 0.3 is 0 Å². The minimum atomic E-state index is -0.256. The lowest BCUT2D eigenvalue weighted by Crippen LogP contribution is -2.39. The van der Waals surface area contributed by atoms with Gasteiger partial charge in [0.05, 0.1) is 5.56 Å². The SMILES string of the molecule is Cc1onc(-c2ccc(Br)cc2)c1C(=O)c1c[nH]c(C(=O)NC(C)CN(C)C)c1. The number of hydrogen-bond acceptors (Lipinski definition) is 5. The first kappa shape index (κ1) is 21.0. The van der Waals surface area contributed by atoms with Crippen LogP contribution >= 0.6 is 15.9 Å². The molecule has 0 saturated carbocycles. The van der Waals surface area contributed by atoms with Gasteiger partial charge in [-0.1, -0.05) is 33.2 Å². The van der Waals surface area contributed by atoms with Crippen LogP contribution < -0.4 is 5.32 Å². The van der Waals surface area contributed by atoms with Crippen molar-refractivity contribution in [3.8, 4) is 11.3 Å². The van der Waals surface area contributed by atoms with Crippen molar-refractivity contribution in [3.63, 3.8) is 0 Å². The highest BCUT2D eigenvalue weighted by Gasteiger charge is 2.24. The Balaban J connectivity index is 1.83. The minimum Gasteiger partial charge on any atom is -0.360 e. The highest BCUT2D eigenvalue weighted by molar-refractivity contribution is 9.10. The number of aryl methyl sites for hydroxylation is 1. The summed E-state index contributed by atoms with van der Waals surface area (Å²) in [4.78, 5) is 30.4. The van der Waals surface area contributed by atoms with Gasteiger partial charge < -0.3 is 19.7 Å². The van der Waals surface area contributed by atoms with Crippen LogP contribution in [0.25, 0.3) is 11.3 Å². The number of rotatable bonds is 7. The van der Waals surface area contributed by atoms with E-state index in [1.54, 1.807) is 13.0 Å². The molecule has 0 saturated heterocycles. The fourth-order valence-corrected chi connectivity index (χ4v) is 3.40. The fourth-order valence-electron chi connectivity index (χ4n) is 3.14. The molecular formula is C21H23BrN4O3. The first-order valence-corrected chi connectivity index (χ1v) is 9.96. The number of aromatic amines is 1. The molecular weight excluding hydrogens is 436 g/mol. The van der Waals surface area contributed by atoms with Crippen LogP contribution in [0.2, 0.25) is 0 Å². The van der Waals surface area contributed by atoms with Crippen molar-refractivity contribution in [3.05, 3.63) is 63.6 Å². The third-order valence-corrected chi connectivity index (χ3v) is 4.94. The average molecular weight is 459 g/mol. The number of nitrogens with zero attached hydrogens (tertiary/aromatic N) is 2. The molecule has 152 valence electrons. The van der Waals surface area contributed by atoms with E-state index in [4.69, 9.17) is 4.52 Å². The molecule has 3 rings (SSSR count). The zero-order valence-electron chi connectivity index (χ0n) is 16.7. The molecule has 0 fully saturated rings. The van der Waals surface area contributed by atoms with Crippen LogP contribution in [0, 0.1) is 6.92 Å². The van der Waals surface area contributed by atoms with Gasteiger partial charge in [0.25, 0.3) is 5.91 Å². The number of carbonyl (C=O) groups excluding carboxylic acids is 2. The van der Waals surface area contributed by atoms with Crippen molar-refractivity contribution in [1.82, 2.24) is 20.4 Å². The summed E-state index contributed by atoms with van der Waals surface area (Å²) in [5.41, 5.74) is 2.35. The van der Waals surface area contributed by atoms with E-state index in [1.165, 1.54) is 6.20 Å². The van der Waals surface area contributed by atoms with Crippen LogP contribution in [0.4, 0.5) is 0 Å². The summed E-state index contributed by atoms with van der Waals surface area (Å²) >= 11 is 3.40. The number of benzene rings is 1. The largest absolute Gasteiger partial charge is 0.360 e. The second-order valence-corrected chi connectivity index (χ2v) is 8.15. The number of aromatic nitrogens is 2. The highest BCUT2D eigenvalue weighted by atomic mass is 79.9. The smallest absolute Gasteiger partial charge is 0.267 e. The zero-order chi connectivity index (χ0) is 21.1. The summed E-state index contributed by atoms with van der Waals surface area (Å²) in [5.74, 6) is -0.0772. The zero-order valence-corrected chi connectivity index (χ0v) is 18.3. The topological polar surface area (TPSA) is 91.2 Å². The van der Waals surface area contributed by atoms with Crippen LogP contribution in [-0.2, 0) is 0 Å². The van der Waals surface area contributed by atoms with Gasteiger partial charge in [0, 0.05) is 34.4 Å². The standard InChI is InChI=1S/C21H23BrN4O3/c1-12(11-26(3)4)24-21(28)17-9-15(10-23-17)20(27)18-13(2)29-25-19(18)14-5-7-16(22)8-6-14/h5-10,12,23H,11H2,1-4H3,(H,24,28). The molecule has 0 aliphatic carbocycles. The van der Waals surface area contributed by atoms with Gasteiger partial charge in [-0.05, 0) is 46.1 Å². The van der Waals surface area contributed by atoms with Crippen molar-refractivity contribution in [2.45, 2.75) is 19.9 Å². The predicted molar refractivity (Wildman–Crippen MR) is 114 cm³/mol. The number of likely N-dealkylation sites (N-methyl/N-ethyl adjacent to an activating group) is 1. The summed E-state index contributed by atoms with van der Waals surface area (Å²) in [6.07, 6.45) is 1.53. The van der Waals surface area contributed by atoms with Gasteiger partial charge in [0.15, 0.2) is 5.78 Å². The van der Waals surface area contributed by atoms with Crippen LogP contribution in [0.1, 0.15) is 39.1 Å². The van der Waals surface area contributed by atoms with Crippen LogP contribution in [0.15, 0.2) is 45.5 Å². The molecule has 1 amide bonds. The average Bonchev–Trinajstić information content (AvgIpc) is 3.28. The van der Waals surface area contributed by atoms with Crippen LogP contribution in [-0.4, -0.2) is 53.4 Å². The quantitative estimate of drug-likeness (QED) is 0.527. The summed E-state index contributed by atoms with van der Waals surface area (Å²) in [6.45, 7) is 4.35. The number of carbonyl (C=O) groups is 2. The number of hydrogen-bond donors (Lipinski definition) is 2. The molecule has 7 nitrogen and oxygen atoms in total. The summed E-state index contributed by atoms with van der Waals surface area (Å²) < 4.78 is 6.22. The minimum absolute atomic E-state index is 0.0238. The number of ketones is 1. The normalized spacial score (nSPS) is 12.2. The first-order chi connectivity index (χ1) is 13.8. The Morgan fingerprint density at radius 3 is 2.62 bits per heavy atom. The monoisotopic (exact) mass is 458 g/mol. The number of halogens is 1. The summed E-state index contributed by atoms with van der Waals surface area (Å²) in [6, 6.07) is 9.00. The van der Waals surface area contributed by atoms with Gasteiger partial charge in [0.1, 0.15) is 17.1 Å².